The molecule has 0 aliphatic heterocycles. The van der Waals surface area contributed by atoms with Crippen LogP contribution < -0.4 is 16.0 Å². The number of nitrogens with zero attached hydrogens (tertiary/aromatic N) is 3. The third-order valence-electron chi connectivity index (χ3n) is 4.54. The molecule has 2 aromatic carbocycles. The van der Waals surface area contributed by atoms with Crippen LogP contribution in [0.5, 0.6) is 0 Å². The van der Waals surface area contributed by atoms with Crippen molar-refractivity contribution in [1.29, 1.82) is 0 Å². The highest BCUT2D eigenvalue weighted by Gasteiger charge is 2.12. The first-order chi connectivity index (χ1) is 15.4. The zero-order valence-corrected chi connectivity index (χ0v) is 17.4. The van der Waals surface area contributed by atoms with E-state index in [0.29, 0.717) is 22.9 Å². The van der Waals surface area contributed by atoms with Crippen molar-refractivity contribution >= 4 is 45.8 Å². The Morgan fingerprint density at radius 1 is 0.781 bits per heavy atom. The number of para-hydroxylation sites is 2. The Morgan fingerprint density at radius 3 is 2.09 bits per heavy atom. The van der Waals surface area contributed by atoms with Crippen molar-refractivity contribution in [3.05, 3.63) is 72.7 Å². The summed E-state index contributed by atoms with van der Waals surface area (Å²) in [6, 6.07) is 15.9. The first kappa shape index (κ1) is 20.7. The van der Waals surface area contributed by atoms with Gasteiger partial charge in [0, 0.05) is 30.8 Å². The van der Waals surface area contributed by atoms with Crippen molar-refractivity contribution in [2.24, 2.45) is 0 Å². The van der Waals surface area contributed by atoms with E-state index in [0.717, 1.165) is 11.0 Å². The average Bonchev–Trinajstić information content (AvgIpc) is 3.17. The Kier molecular flexibility index (Phi) is 5.63. The topological polar surface area (TPSA) is 118 Å². The second kappa shape index (κ2) is 8.68. The van der Waals surface area contributed by atoms with Crippen LogP contribution in [-0.4, -0.2) is 32.3 Å². The van der Waals surface area contributed by atoms with Gasteiger partial charge in [0.2, 0.25) is 11.8 Å². The van der Waals surface area contributed by atoms with Crippen molar-refractivity contribution < 1.29 is 14.4 Å². The number of anilines is 3. The van der Waals surface area contributed by atoms with Gasteiger partial charge in [-0.25, -0.2) is 9.97 Å². The lowest BCUT2D eigenvalue weighted by Gasteiger charge is -2.11. The molecule has 0 atom stereocenters. The molecule has 2 aromatic heterocycles. The standard InChI is InChI=1S/C23H20N6O3/c1-14(30)26-18-9-16(10-19(11-18)27-15(2)31)23(32)28-17-7-8-22(24-12-17)29-13-25-20-5-3-4-6-21(20)29/h3-13H,1-2H3,(H,26,30)(H,27,31)(H,28,32). The molecule has 0 saturated carbocycles. The second-order valence-corrected chi connectivity index (χ2v) is 7.12. The summed E-state index contributed by atoms with van der Waals surface area (Å²) >= 11 is 0. The fourth-order valence-corrected chi connectivity index (χ4v) is 3.26. The number of benzene rings is 2. The molecule has 0 spiro atoms. The molecule has 160 valence electrons. The molecule has 3 N–H and O–H groups in total. The van der Waals surface area contributed by atoms with E-state index in [2.05, 4.69) is 25.9 Å². The van der Waals surface area contributed by atoms with E-state index in [1.165, 1.54) is 26.0 Å². The van der Waals surface area contributed by atoms with Crippen LogP contribution in [-0.2, 0) is 9.59 Å². The lowest BCUT2D eigenvalue weighted by molar-refractivity contribution is -0.115. The maximum absolute atomic E-state index is 12.8. The summed E-state index contributed by atoms with van der Waals surface area (Å²) < 4.78 is 1.86. The summed E-state index contributed by atoms with van der Waals surface area (Å²) in [7, 11) is 0. The smallest absolute Gasteiger partial charge is 0.255 e. The van der Waals surface area contributed by atoms with Crippen molar-refractivity contribution in [2.75, 3.05) is 16.0 Å². The minimum atomic E-state index is -0.411. The molecule has 0 unspecified atom stereocenters. The van der Waals surface area contributed by atoms with Crippen LogP contribution in [0.2, 0.25) is 0 Å². The Hall–Kier alpha value is -4.53. The monoisotopic (exact) mass is 428 g/mol. The number of pyridine rings is 1. The highest BCUT2D eigenvalue weighted by molar-refractivity contribution is 6.06. The summed E-state index contributed by atoms with van der Waals surface area (Å²) in [5.74, 6) is -0.324. The van der Waals surface area contributed by atoms with Crippen LogP contribution in [0.1, 0.15) is 24.2 Å². The number of carbonyl (C=O) groups is 3. The number of carbonyl (C=O) groups excluding carboxylic acids is 3. The third-order valence-corrected chi connectivity index (χ3v) is 4.54. The summed E-state index contributed by atoms with van der Waals surface area (Å²) in [5.41, 5.74) is 3.35. The molecule has 0 aliphatic rings. The van der Waals surface area contributed by atoms with E-state index < -0.39 is 5.91 Å². The highest BCUT2D eigenvalue weighted by atomic mass is 16.2. The minimum absolute atomic E-state index is 0.268. The lowest BCUT2D eigenvalue weighted by atomic mass is 10.1. The molecule has 0 radical (unpaired) electrons. The number of fused-ring (bicyclic) bond motifs is 1. The molecule has 9 heteroatoms. The van der Waals surface area contributed by atoms with Crippen molar-refractivity contribution in [1.82, 2.24) is 14.5 Å². The number of imidazole rings is 1. The summed E-state index contributed by atoms with van der Waals surface area (Å²) in [6.45, 7) is 2.73. The van der Waals surface area contributed by atoms with E-state index in [1.807, 2.05) is 28.8 Å². The quantitative estimate of drug-likeness (QED) is 0.449. The zero-order chi connectivity index (χ0) is 22.7. The van der Waals surface area contributed by atoms with Gasteiger partial charge in [-0.1, -0.05) is 12.1 Å². The lowest BCUT2D eigenvalue weighted by Crippen LogP contribution is -2.15. The number of nitrogens with one attached hydrogen (secondary N) is 3. The SMILES string of the molecule is CC(=O)Nc1cc(NC(C)=O)cc(C(=O)Nc2ccc(-n3cnc4ccccc43)nc2)c1. The fourth-order valence-electron chi connectivity index (χ4n) is 3.26. The van der Waals surface area contributed by atoms with E-state index in [-0.39, 0.29) is 17.4 Å². The van der Waals surface area contributed by atoms with Crippen LogP contribution in [0.15, 0.2) is 67.1 Å². The Bertz CT molecular complexity index is 1290. The van der Waals surface area contributed by atoms with Gasteiger partial charge in [-0.05, 0) is 42.5 Å². The van der Waals surface area contributed by atoms with Gasteiger partial charge in [0.1, 0.15) is 12.1 Å². The first-order valence-corrected chi connectivity index (χ1v) is 9.79. The van der Waals surface area contributed by atoms with Crippen LogP contribution in [0.3, 0.4) is 0 Å². The molecule has 9 nitrogen and oxygen atoms in total. The van der Waals surface area contributed by atoms with Gasteiger partial charge in [-0.2, -0.15) is 0 Å². The minimum Gasteiger partial charge on any atom is -0.326 e. The molecular weight excluding hydrogens is 408 g/mol. The van der Waals surface area contributed by atoms with Crippen LogP contribution in [0, 0.1) is 0 Å². The molecule has 0 bridgehead atoms. The average molecular weight is 428 g/mol. The van der Waals surface area contributed by atoms with E-state index in [9.17, 15) is 14.4 Å². The van der Waals surface area contributed by atoms with Crippen LogP contribution in [0.4, 0.5) is 17.1 Å². The first-order valence-electron chi connectivity index (χ1n) is 9.79. The summed E-state index contributed by atoms with van der Waals surface area (Å²) in [6.07, 6.45) is 3.25. The normalized spacial score (nSPS) is 10.6. The van der Waals surface area contributed by atoms with Crippen LogP contribution >= 0.6 is 0 Å². The number of hydrogen-bond acceptors (Lipinski definition) is 5. The predicted octanol–water partition coefficient (Wildman–Crippen LogP) is 3.59. The summed E-state index contributed by atoms with van der Waals surface area (Å²) in [4.78, 5) is 44.4. The molecule has 2 heterocycles. The molecule has 0 fully saturated rings. The maximum Gasteiger partial charge on any atom is 0.255 e. The van der Waals surface area contributed by atoms with E-state index in [4.69, 9.17) is 0 Å². The predicted molar refractivity (Wildman–Crippen MR) is 122 cm³/mol. The van der Waals surface area contributed by atoms with Crippen molar-refractivity contribution in [3.8, 4) is 5.82 Å². The second-order valence-electron chi connectivity index (χ2n) is 7.12. The highest BCUT2D eigenvalue weighted by Crippen LogP contribution is 2.21. The van der Waals surface area contributed by atoms with Crippen molar-refractivity contribution in [2.45, 2.75) is 13.8 Å². The number of rotatable bonds is 5. The van der Waals surface area contributed by atoms with E-state index >= 15 is 0 Å². The zero-order valence-electron chi connectivity index (χ0n) is 17.4. The van der Waals surface area contributed by atoms with Gasteiger partial charge in [0.05, 0.1) is 22.9 Å². The molecular formula is C23H20N6O3. The summed E-state index contributed by atoms with van der Waals surface area (Å²) in [5, 5.41) is 8.03. The van der Waals surface area contributed by atoms with Gasteiger partial charge in [0.15, 0.2) is 0 Å². The molecule has 4 aromatic rings. The number of amides is 3. The number of aromatic nitrogens is 3. The molecule has 4 rings (SSSR count). The fraction of sp³-hybridized carbons (Fsp3) is 0.0870. The van der Waals surface area contributed by atoms with Gasteiger partial charge in [-0.3, -0.25) is 19.0 Å². The van der Waals surface area contributed by atoms with Gasteiger partial charge >= 0.3 is 0 Å². The van der Waals surface area contributed by atoms with Crippen LogP contribution in [0.25, 0.3) is 16.9 Å². The van der Waals surface area contributed by atoms with Crippen molar-refractivity contribution in [3.63, 3.8) is 0 Å². The van der Waals surface area contributed by atoms with Gasteiger partial charge < -0.3 is 16.0 Å². The molecule has 0 saturated heterocycles. The third kappa shape index (κ3) is 4.62. The molecule has 32 heavy (non-hydrogen) atoms. The largest absolute Gasteiger partial charge is 0.326 e. The Balaban J connectivity index is 1.56. The van der Waals surface area contributed by atoms with Gasteiger partial charge in [0.25, 0.3) is 5.91 Å². The van der Waals surface area contributed by atoms with E-state index in [1.54, 1.807) is 30.7 Å². The maximum atomic E-state index is 12.8. The molecule has 0 aliphatic carbocycles. The number of hydrogen-bond donors (Lipinski definition) is 3. The van der Waals surface area contributed by atoms with Gasteiger partial charge in [-0.15, -0.1) is 0 Å². The Morgan fingerprint density at radius 2 is 1.47 bits per heavy atom. The Labute approximate surface area is 183 Å². The molecule has 3 amide bonds.